The van der Waals surface area contributed by atoms with Crippen LogP contribution in [0.4, 0.5) is 5.82 Å². The van der Waals surface area contributed by atoms with Crippen LogP contribution >= 0.6 is 11.3 Å². The molecule has 0 saturated carbocycles. The molecule has 0 aromatic carbocycles. The van der Waals surface area contributed by atoms with Gasteiger partial charge in [-0.1, -0.05) is 6.07 Å². The summed E-state index contributed by atoms with van der Waals surface area (Å²) in [5.74, 6) is 1.15. The number of rotatable bonds is 4. The van der Waals surface area contributed by atoms with Gasteiger partial charge in [0.05, 0.1) is 12.1 Å². The van der Waals surface area contributed by atoms with E-state index in [1.165, 1.54) is 0 Å². The summed E-state index contributed by atoms with van der Waals surface area (Å²) < 4.78 is 0. The molecule has 0 bridgehead atoms. The van der Waals surface area contributed by atoms with E-state index in [0.717, 1.165) is 53.1 Å². The molecule has 3 aromatic heterocycles. The smallest absolute Gasteiger partial charge is 0.228 e. The maximum atomic E-state index is 12.8. The Bertz CT molecular complexity index is 905. The van der Waals surface area contributed by atoms with Gasteiger partial charge in [-0.15, -0.1) is 11.3 Å². The molecule has 3 aromatic rings. The Kier molecular flexibility index (Phi) is 5.11. The monoisotopic (exact) mass is 379 g/mol. The van der Waals surface area contributed by atoms with Gasteiger partial charge in [0.1, 0.15) is 10.8 Å². The Hall–Kier alpha value is -2.80. The number of pyridine rings is 2. The second-order valence-electron chi connectivity index (χ2n) is 6.50. The van der Waals surface area contributed by atoms with Gasteiger partial charge >= 0.3 is 0 Å². The highest BCUT2D eigenvalue weighted by Crippen LogP contribution is 2.28. The minimum absolute atomic E-state index is 0.170. The standard InChI is InChI=1S/C20H21N5OS/c1-15-17(27-20(23-15)16-5-8-21-9-6-16)14-19(26)25-12-10-24(11-13-25)18-4-2-3-7-22-18/h2-9H,10-14H2,1H3. The summed E-state index contributed by atoms with van der Waals surface area (Å²) in [5, 5.41) is 0.942. The predicted octanol–water partition coefficient (Wildman–Crippen LogP) is 2.80. The predicted molar refractivity (Wildman–Crippen MR) is 107 cm³/mol. The minimum atomic E-state index is 0.170. The van der Waals surface area contributed by atoms with Crippen molar-refractivity contribution in [1.82, 2.24) is 19.9 Å². The summed E-state index contributed by atoms with van der Waals surface area (Å²) in [4.78, 5) is 31.1. The summed E-state index contributed by atoms with van der Waals surface area (Å²) in [5.41, 5.74) is 1.98. The Morgan fingerprint density at radius 3 is 2.56 bits per heavy atom. The molecule has 1 amide bonds. The van der Waals surface area contributed by atoms with Gasteiger partial charge in [-0.3, -0.25) is 9.78 Å². The Morgan fingerprint density at radius 2 is 1.85 bits per heavy atom. The zero-order valence-electron chi connectivity index (χ0n) is 15.2. The second-order valence-corrected chi connectivity index (χ2v) is 7.58. The number of carbonyl (C=O) groups is 1. The fourth-order valence-electron chi connectivity index (χ4n) is 3.18. The first-order valence-electron chi connectivity index (χ1n) is 9.01. The topological polar surface area (TPSA) is 62.2 Å². The van der Waals surface area contributed by atoms with Crippen molar-refractivity contribution in [3.8, 4) is 10.6 Å². The number of carbonyl (C=O) groups excluding carboxylic acids is 1. The normalized spacial score (nSPS) is 14.4. The largest absolute Gasteiger partial charge is 0.353 e. The van der Waals surface area contributed by atoms with E-state index in [9.17, 15) is 4.79 Å². The van der Waals surface area contributed by atoms with Gasteiger partial charge < -0.3 is 9.80 Å². The van der Waals surface area contributed by atoms with Crippen LogP contribution < -0.4 is 4.90 Å². The van der Waals surface area contributed by atoms with Crippen LogP contribution in [0.2, 0.25) is 0 Å². The lowest BCUT2D eigenvalue weighted by Crippen LogP contribution is -2.49. The first-order chi connectivity index (χ1) is 13.2. The lowest BCUT2D eigenvalue weighted by Gasteiger charge is -2.35. The van der Waals surface area contributed by atoms with Crippen molar-refractivity contribution in [2.75, 3.05) is 31.1 Å². The number of hydrogen-bond acceptors (Lipinski definition) is 6. The van der Waals surface area contributed by atoms with E-state index in [-0.39, 0.29) is 5.91 Å². The average molecular weight is 379 g/mol. The third kappa shape index (κ3) is 3.98. The van der Waals surface area contributed by atoms with Crippen molar-refractivity contribution in [3.05, 3.63) is 59.5 Å². The summed E-state index contributed by atoms with van der Waals surface area (Å²) in [6, 6.07) is 9.81. The zero-order chi connectivity index (χ0) is 18.6. The SMILES string of the molecule is Cc1nc(-c2ccncc2)sc1CC(=O)N1CCN(c2ccccn2)CC1. The highest BCUT2D eigenvalue weighted by atomic mass is 32.1. The molecule has 0 radical (unpaired) electrons. The molecule has 1 aliphatic heterocycles. The molecular weight excluding hydrogens is 358 g/mol. The van der Waals surface area contributed by atoms with Gasteiger partial charge in [0.25, 0.3) is 0 Å². The van der Waals surface area contributed by atoms with Gasteiger partial charge in [-0.05, 0) is 31.2 Å². The molecule has 4 rings (SSSR count). The molecule has 0 spiro atoms. The lowest BCUT2D eigenvalue weighted by molar-refractivity contribution is -0.130. The molecule has 27 heavy (non-hydrogen) atoms. The highest BCUT2D eigenvalue weighted by Gasteiger charge is 2.23. The zero-order valence-corrected chi connectivity index (χ0v) is 16.0. The van der Waals surface area contributed by atoms with Gasteiger partial charge in [-0.25, -0.2) is 9.97 Å². The van der Waals surface area contributed by atoms with Gasteiger partial charge in [0, 0.05) is 55.2 Å². The van der Waals surface area contributed by atoms with E-state index < -0.39 is 0 Å². The van der Waals surface area contributed by atoms with Crippen molar-refractivity contribution < 1.29 is 4.79 Å². The second kappa shape index (κ2) is 7.84. The molecule has 0 atom stereocenters. The first-order valence-corrected chi connectivity index (χ1v) is 9.83. The highest BCUT2D eigenvalue weighted by molar-refractivity contribution is 7.15. The van der Waals surface area contributed by atoms with Crippen LogP contribution in [0.5, 0.6) is 0 Å². The number of aromatic nitrogens is 3. The number of nitrogens with zero attached hydrogens (tertiary/aromatic N) is 5. The summed E-state index contributed by atoms with van der Waals surface area (Å²) in [7, 11) is 0. The lowest BCUT2D eigenvalue weighted by atomic mass is 10.2. The summed E-state index contributed by atoms with van der Waals surface area (Å²) >= 11 is 1.60. The average Bonchev–Trinajstić information content (AvgIpc) is 3.10. The fourth-order valence-corrected chi connectivity index (χ4v) is 4.24. The molecule has 1 fully saturated rings. The molecule has 0 aliphatic carbocycles. The summed E-state index contributed by atoms with van der Waals surface area (Å²) in [6.07, 6.45) is 5.74. The third-order valence-electron chi connectivity index (χ3n) is 4.74. The molecule has 0 unspecified atom stereocenters. The minimum Gasteiger partial charge on any atom is -0.353 e. The maximum absolute atomic E-state index is 12.8. The van der Waals surface area contributed by atoms with E-state index in [2.05, 4.69) is 19.9 Å². The van der Waals surface area contributed by atoms with Crippen LogP contribution in [-0.4, -0.2) is 51.9 Å². The van der Waals surface area contributed by atoms with Crippen molar-refractivity contribution in [1.29, 1.82) is 0 Å². The van der Waals surface area contributed by atoms with E-state index in [1.54, 1.807) is 29.9 Å². The number of anilines is 1. The van der Waals surface area contributed by atoms with Gasteiger partial charge in [0.15, 0.2) is 0 Å². The number of thiazole rings is 1. The van der Waals surface area contributed by atoms with Gasteiger partial charge in [-0.2, -0.15) is 0 Å². The molecule has 4 heterocycles. The van der Waals surface area contributed by atoms with Crippen LogP contribution in [0.1, 0.15) is 10.6 Å². The van der Waals surface area contributed by atoms with Crippen LogP contribution in [0.3, 0.4) is 0 Å². The number of hydrogen-bond donors (Lipinski definition) is 0. The Balaban J connectivity index is 1.38. The molecule has 7 heteroatoms. The fraction of sp³-hybridized carbons (Fsp3) is 0.300. The number of aryl methyl sites for hydroxylation is 1. The molecule has 0 N–H and O–H groups in total. The molecular formula is C20H21N5OS. The van der Waals surface area contributed by atoms with E-state index in [0.29, 0.717) is 6.42 Å². The van der Waals surface area contributed by atoms with E-state index in [4.69, 9.17) is 0 Å². The van der Waals surface area contributed by atoms with Crippen LogP contribution in [0.15, 0.2) is 48.9 Å². The molecule has 6 nitrogen and oxygen atoms in total. The molecule has 1 aliphatic rings. The van der Waals surface area contributed by atoms with Gasteiger partial charge in [0.2, 0.25) is 5.91 Å². The summed E-state index contributed by atoms with van der Waals surface area (Å²) in [6.45, 7) is 5.05. The van der Waals surface area contributed by atoms with Crippen molar-refractivity contribution in [3.63, 3.8) is 0 Å². The van der Waals surface area contributed by atoms with Crippen molar-refractivity contribution in [2.24, 2.45) is 0 Å². The third-order valence-corrected chi connectivity index (χ3v) is 5.94. The number of piperazine rings is 1. The first kappa shape index (κ1) is 17.6. The molecule has 1 saturated heterocycles. The Labute approximate surface area is 162 Å². The van der Waals surface area contributed by atoms with Crippen molar-refractivity contribution >= 4 is 23.1 Å². The van der Waals surface area contributed by atoms with E-state index in [1.807, 2.05) is 42.2 Å². The Morgan fingerprint density at radius 1 is 1.07 bits per heavy atom. The molecule has 138 valence electrons. The maximum Gasteiger partial charge on any atom is 0.228 e. The van der Waals surface area contributed by atoms with Crippen LogP contribution in [-0.2, 0) is 11.2 Å². The van der Waals surface area contributed by atoms with Crippen molar-refractivity contribution in [2.45, 2.75) is 13.3 Å². The quantitative estimate of drug-likeness (QED) is 0.698. The number of amides is 1. The van der Waals surface area contributed by atoms with Crippen LogP contribution in [0.25, 0.3) is 10.6 Å². The van der Waals surface area contributed by atoms with E-state index >= 15 is 0 Å². The van der Waals surface area contributed by atoms with Crippen LogP contribution in [0, 0.1) is 6.92 Å².